The van der Waals surface area contributed by atoms with Gasteiger partial charge in [-0.05, 0) is 51.8 Å². The number of ketones is 1. The van der Waals surface area contributed by atoms with E-state index in [0.29, 0.717) is 23.4 Å². The molecule has 1 aromatic carbocycles. The van der Waals surface area contributed by atoms with Crippen LogP contribution in [0.5, 0.6) is 0 Å². The lowest BCUT2D eigenvalue weighted by Crippen LogP contribution is -2.40. The number of carbonyl (C=O) groups is 2. The Hall–Kier alpha value is -3.35. The fourth-order valence-corrected chi connectivity index (χ4v) is 3.76. The van der Waals surface area contributed by atoms with Crippen LogP contribution < -0.4 is 10.2 Å². The summed E-state index contributed by atoms with van der Waals surface area (Å²) in [5, 5.41) is 2.97. The summed E-state index contributed by atoms with van der Waals surface area (Å²) in [7, 11) is 0. The SMILES string of the molecule is CC(=O)c1cccc(NC(=O)[C@@H]2CCCN(c3cnc4nc(C)c(C)nc4c3)C2)c1. The number of rotatable bonds is 4. The Bertz CT molecular complexity index is 1130. The summed E-state index contributed by atoms with van der Waals surface area (Å²) in [4.78, 5) is 40.2. The molecule has 0 radical (unpaired) electrons. The number of carbonyl (C=O) groups excluding carboxylic acids is 2. The smallest absolute Gasteiger partial charge is 0.229 e. The zero-order valence-electron chi connectivity index (χ0n) is 17.5. The largest absolute Gasteiger partial charge is 0.369 e. The van der Waals surface area contributed by atoms with Gasteiger partial charge >= 0.3 is 0 Å². The number of aromatic nitrogens is 3. The van der Waals surface area contributed by atoms with Crippen LogP contribution in [0.25, 0.3) is 11.2 Å². The number of nitrogens with one attached hydrogen (secondary N) is 1. The molecule has 154 valence electrons. The molecule has 1 atom stereocenters. The minimum atomic E-state index is -0.138. The summed E-state index contributed by atoms with van der Waals surface area (Å²) >= 11 is 0. The molecular weight excluding hydrogens is 378 g/mol. The number of aryl methyl sites for hydroxylation is 2. The molecule has 0 bridgehead atoms. The maximum absolute atomic E-state index is 12.9. The molecule has 1 aliphatic rings. The van der Waals surface area contributed by atoms with Crippen molar-refractivity contribution in [1.29, 1.82) is 0 Å². The molecular formula is C23H25N5O2. The lowest BCUT2D eigenvalue weighted by molar-refractivity contribution is -0.120. The second kappa shape index (κ2) is 8.18. The number of amides is 1. The van der Waals surface area contributed by atoms with E-state index in [1.54, 1.807) is 24.3 Å². The van der Waals surface area contributed by atoms with E-state index in [9.17, 15) is 9.59 Å². The third kappa shape index (κ3) is 4.15. The van der Waals surface area contributed by atoms with E-state index in [0.717, 1.165) is 42.0 Å². The molecule has 1 amide bonds. The van der Waals surface area contributed by atoms with Gasteiger partial charge in [0, 0.05) is 24.3 Å². The van der Waals surface area contributed by atoms with Crippen molar-refractivity contribution in [3.05, 3.63) is 53.5 Å². The van der Waals surface area contributed by atoms with Crippen molar-refractivity contribution in [3.63, 3.8) is 0 Å². The molecule has 1 fully saturated rings. The van der Waals surface area contributed by atoms with Gasteiger partial charge in [-0.25, -0.2) is 15.0 Å². The predicted octanol–water partition coefficient (Wildman–Crippen LogP) is 3.70. The Morgan fingerprint density at radius 1 is 1.13 bits per heavy atom. The van der Waals surface area contributed by atoms with Crippen LogP contribution >= 0.6 is 0 Å². The Kier molecular flexibility index (Phi) is 5.44. The van der Waals surface area contributed by atoms with E-state index in [4.69, 9.17) is 0 Å². The first-order valence-corrected chi connectivity index (χ1v) is 10.2. The first kappa shape index (κ1) is 19.9. The lowest BCUT2D eigenvalue weighted by Gasteiger charge is -2.33. The number of nitrogens with zero attached hydrogens (tertiary/aromatic N) is 4. The summed E-state index contributed by atoms with van der Waals surface area (Å²) in [5.74, 6) is -0.186. The van der Waals surface area contributed by atoms with Crippen LogP contribution in [0.3, 0.4) is 0 Å². The second-order valence-electron chi connectivity index (χ2n) is 7.84. The summed E-state index contributed by atoms with van der Waals surface area (Å²) < 4.78 is 0. The molecule has 3 heterocycles. The zero-order chi connectivity index (χ0) is 21.3. The van der Waals surface area contributed by atoms with E-state index in [2.05, 4.69) is 25.2 Å². The average Bonchev–Trinajstić information content (AvgIpc) is 2.74. The van der Waals surface area contributed by atoms with Gasteiger partial charge in [0.1, 0.15) is 5.52 Å². The lowest BCUT2D eigenvalue weighted by atomic mass is 9.96. The fourth-order valence-electron chi connectivity index (χ4n) is 3.76. The Morgan fingerprint density at radius 2 is 1.93 bits per heavy atom. The standard InChI is InChI=1S/C23H25N5O2/c1-14-15(2)26-22-21(25-14)11-20(12-24-22)28-9-5-7-18(13-28)23(30)27-19-8-4-6-17(10-19)16(3)29/h4,6,8,10-12,18H,5,7,9,13H2,1-3H3,(H,27,30)/t18-/m1/s1. The maximum Gasteiger partial charge on any atom is 0.229 e. The molecule has 0 spiro atoms. The molecule has 7 heteroatoms. The number of hydrogen-bond acceptors (Lipinski definition) is 6. The molecule has 7 nitrogen and oxygen atoms in total. The molecule has 0 aliphatic carbocycles. The molecule has 2 aromatic heterocycles. The highest BCUT2D eigenvalue weighted by atomic mass is 16.2. The highest BCUT2D eigenvalue weighted by Gasteiger charge is 2.26. The Labute approximate surface area is 175 Å². The zero-order valence-corrected chi connectivity index (χ0v) is 17.5. The van der Waals surface area contributed by atoms with E-state index >= 15 is 0 Å². The number of fused-ring (bicyclic) bond motifs is 1. The summed E-state index contributed by atoms with van der Waals surface area (Å²) in [6, 6.07) is 9.06. The van der Waals surface area contributed by atoms with Crippen LogP contribution in [0.2, 0.25) is 0 Å². The predicted molar refractivity (Wildman–Crippen MR) is 117 cm³/mol. The summed E-state index contributed by atoms with van der Waals surface area (Å²) in [6.45, 7) is 6.87. The van der Waals surface area contributed by atoms with Gasteiger partial charge in [-0.15, -0.1) is 0 Å². The molecule has 0 saturated carbocycles. The van der Waals surface area contributed by atoms with Gasteiger partial charge in [-0.1, -0.05) is 12.1 Å². The molecule has 1 N–H and O–H groups in total. The van der Waals surface area contributed by atoms with Crippen LogP contribution in [0.15, 0.2) is 36.5 Å². The van der Waals surface area contributed by atoms with Gasteiger partial charge in [0.25, 0.3) is 0 Å². The van der Waals surface area contributed by atoms with Crippen molar-refractivity contribution in [1.82, 2.24) is 15.0 Å². The summed E-state index contributed by atoms with van der Waals surface area (Å²) in [5.41, 5.74) is 5.37. The number of pyridine rings is 1. The first-order chi connectivity index (χ1) is 14.4. The average molecular weight is 403 g/mol. The van der Waals surface area contributed by atoms with Crippen LogP contribution in [0.4, 0.5) is 11.4 Å². The minimum Gasteiger partial charge on any atom is -0.369 e. The van der Waals surface area contributed by atoms with E-state index in [-0.39, 0.29) is 17.6 Å². The molecule has 3 aromatic rings. The van der Waals surface area contributed by atoms with E-state index in [1.165, 1.54) is 6.92 Å². The van der Waals surface area contributed by atoms with Crippen molar-refractivity contribution >= 4 is 34.2 Å². The number of Topliss-reactive ketones (excluding diaryl/α,β-unsaturated/α-hetero) is 1. The normalized spacial score (nSPS) is 16.5. The van der Waals surface area contributed by atoms with Gasteiger partial charge in [0.2, 0.25) is 5.91 Å². The maximum atomic E-state index is 12.9. The van der Waals surface area contributed by atoms with Crippen molar-refractivity contribution in [2.24, 2.45) is 5.92 Å². The minimum absolute atomic E-state index is 0.0210. The van der Waals surface area contributed by atoms with Crippen molar-refractivity contribution in [2.45, 2.75) is 33.6 Å². The highest BCUT2D eigenvalue weighted by Crippen LogP contribution is 2.26. The number of piperidine rings is 1. The topological polar surface area (TPSA) is 88.1 Å². The van der Waals surface area contributed by atoms with Crippen molar-refractivity contribution in [2.75, 3.05) is 23.3 Å². The summed E-state index contributed by atoms with van der Waals surface area (Å²) in [6.07, 6.45) is 3.55. The third-order valence-electron chi connectivity index (χ3n) is 5.61. The molecule has 30 heavy (non-hydrogen) atoms. The second-order valence-corrected chi connectivity index (χ2v) is 7.84. The highest BCUT2D eigenvalue weighted by molar-refractivity contribution is 5.97. The quantitative estimate of drug-likeness (QED) is 0.668. The Balaban J connectivity index is 1.49. The number of hydrogen-bond donors (Lipinski definition) is 1. The number of benzene rings is 1. The molecule has 4 rings (SSSR count). The van der Waals surface area contributed by atoms with Crippen molar-refractivity contribution < 1.29 is 9.59 Å². The third-order valence-corrected chi connectivity index (χ3v) is 5.61. The van der Waals surface area contributed by atoms with Gasteiger partial charge in [-0.2, -0.15) is 0 Å². The van der Waals surface area contributed by atoms with E-state index < -0.39 is 0 Å². The van der Waals surface area contributed by atoms with Crippen LogP contribution in [0.1, 0.15) is 41.5 Å². The number of anilines is 2. The van der Waals surface area contributed by atoms with Crippen molar-refractivity contribution in [3.8, 4) is 0 Å². The molecule has 0 unspecified atom stereocenters. The first-order valence-electron chi connectivity index (χ1n) is 10.2. The van der Waals surface area contributed by atoms with Crippen LogP contribution in [-0.4, -0.2) is 39.7 Å². The van der Waals surface area contributed by atoms with Gasteiger partial charge in [-0.3, -0.25) is 9.59 Å². The fraction of sp³-hybridized carbons (Fsp3) is 0.348. The van der Waals surface area contributed by atoms with Gasteiger partial charge in [0.05, 0.1) is 29.2 Å². The van der Waals surface area contributed by atoms with E-state index in [1.807, 2.05) is 26.1 Å². The Morgan fingerprint density at radius 3 is 2.73 bits per heavy atom. The monoisotopic (exact) mass is 403 g/mol. The van der Waals surface area contributed by atoms with Crippen LogP contribution in [0, 0.1) is 19.8 Å². The van der Waals surface area contributed by atoms with Crippen LogP contribution in [-0.2, 0) is 4.79 Å². The molecule has 1 aliphatic heterocycles. The molecule has 1 saturated heterocycles. The van der Waals surface area contributed by atoms with Gasteiger partial charge in [0.15, 0.2) is 11.4 Å². The van der Waals surface area contributed by atoms with Gasteiger partial charge < -0.3 is 10.2 Å².